The third-order valence-electron chi connectivity index (χ3n) is 3.21. The van der Waals surface area contributed by atoms with Gasteiger partial charge in [-0.2, -0.15) is 0 Å². The van der Waals surface area contributed by atoms with Crippen LogP contribution in [0.25, 0.3) is 11.1 Å². The molecule has 0 amide bonds. The van der Waals surface area contributed by atoms with Crippen molar-refractivity contribution in [3.63, 3.8) is 0 Å². The Bertz CT molecular complexity index is 542. The Kier molecular flexibility index (Phi) is 2.94. The predicted molar refractivity (Wildman–Crippen MR) is 70.4 cm³/mol. The van der Waals surface area contributed by atoms with E-state index >= 15 is 0 Å². The van der Waals surface area contributed by atoms with Crippen LogP contribution in [0.4, 0.5) is 5.69 Å². The number of aromatic nitrogens is 2. The minimum absolute atomic E-state index is 0.668. The molecule has 0 saturated carbocycles. The summed E-state index contributed by atoms with van der Waals surface area (Å²) in [7, 11) is 2.10. The maximum Gasteiger partial charge on any atom is 0.115 e. The minimum atomic E-state index is 0.668. The molecule has 1 aromatic heterocycles. The van der Waals surface area contributed by atoms with E-state index in [2.05, 4.69) is 40.1 Å². The number of likely N-dealkylation sites (N-methyl/N-ethyl adjacent to an activating group) is 1. The lowest BCUT2D eigenvalue weighted by Gasteiger charge is -2.18. The summed E-state index contributed by atoms with van der Waals surface area (Å²) in [6.45, 7) is 2.37. The van der Waals surface area contributed by atoms with E-state index in [-0.39, 0.29) is 0 Å². The van der Waals surface area contributed by atoms with Crippen LogP contribution in [0.3, 0.4) is 0 Å². The van der Waals surface area contributed by atoms with Crippen LogP contribution in [0.2, 0.25) is 0 Å². The number of hydrogen-bond donors (Lipinski definition) is 0. The molecule has 0 fully saturated rings. The van der Waals surface area contributed by atoms with Gasteiger partial charge in [0.1, 0.15) is 6.33 Å². The molecule has 0 aliphatic carbocycles. The molecular formula is C14H15N3O. The third kappa shape index (κ3) is 2.07. The lowest BCUT2D eigenvalue weighted by molar-refractivity contribution is 0.133. The highest BCUT2D eigenvalue weighted by Gasteiger charge is 2.13. The number of anilines is 1. The molecule has 0 unspecified atom stereocenters. The molecule has 0 N–H and O–H groups in total. The highest BCUT2D eigenvalue weighted by Crippen LogP contribution is 2.28. The van der Waals surface area contributed by atoms with E-state index in [0.29, 0.717) is 6.61 Å². The Morgan fingerprint density at radius 1 is 1.17 bits per heavy atom. The lowest BCUT2D eigenvalue weighted by atomic mass is 10.0. The van der Waals surface area contributed by atoms with Gasteiger partial charge >= 0.3 is 0 Å². The Morgan fingerprint density at radius 3 is 2.83 bits per heavy atom. The zero-order valence-corrected chi connectivity index (χ0v) is 10.3. The summed E-state index contributed by atoms with van der Waals surface area (Å²) in [6.07, 6.45) is 5.20. The van der Waals surface area contributed by atoms with Crippen LogP contribution in [0.15, 0.2) is 36.9 Å². The molecule has 0 saturated heterocycles. The van der Waals surface area contributed by atoms with Crippen molar-refractivity contribution >= 4 is 5.69 Å². The number of ether oxygens (including phenoxy) is 1. The average molecular weight is 241 g/mol. The topological polar surface area (TPSA) is 38.2 Å². The van der Waals surface area contributed by atoms with Gasteiger partial charge in [0.2, 0.25) is 0 Å². The smallest absolute Gasteiger partial charge is 0.115 e. The molecule has 3 rings (SSSR count). The summed E-state index contributed by atoms with van der Waals surface area (Å²) in [5, 5.41) is 0. The average Bonchev–Trinajstić information content (AvgIpc) is 2.61. The van der Waals surface area contributed by atoms with Gasteiger partial charge in [-0.15, -0.1) is 0 Å². The molecule has 0 bridgehead atoms. The van der Waals surface area contributed by atoms with Gasteiger partial charge in [0.25, 0.3) is 0 Å². The highest BCUT2D eigenvalue weighted by molar-refractivity contribution is 5.68. The molecule has 1 aromatic carbocycles. The zero-order valence-electron chi connectivity index (χ0n) is 10.3. The number of hydrogen-bond acceptors (Lipinski definition) is 4. The van der Waals surface area contributed by atoms with Crippen molar-refractivity contribution < 1.29 is 4.74 Å². The zero-order chi connectivity index (χ0) is 12.4. The first-order chi connectivity index (χ1) is 8.84. The Labute approximate surface area is 106 Å². The molecule has 18 heavy (non-hydrogen) atoms. The summed E-state index contributed by atoms with van der Waals surface area (Å²) in [6, 6.07) is 6.42. The van der Waals surface area contributed by atoms with Gasteiger partial charge in [0, 0.05) is 42.8 Å². The number of fused-ring (bicyclic) bond motifs is 1. The Balaban J connectivity index is 2.03. The molecule has 4 heteroatoms. The van der Waals surface area contributed by atoms with Crippen LogP contribution in [0, 0.1) is 0 Å². The van der Waals surface area contributed by atoms with Crippen molar-refractivity contribution in [1.29, 1.82) is 0 Å². The van der Waals surface area contributed by atoms with E-state index in [9.17, 15) is 0 Å². The van der Waals surface area contributed by atoms with Crippen LogP contribution in [-0.4, -0.2) is 30.2 Å². The van der Waals surface area contributed by atoms with Crippen LogP contribution in [0.1, 0.15) is 5.56 Å². The summed E-state index contributed by atoms with van der Waals surface area (Å²) in [4.78, 5) is 10.3. The Hall–Kier alpha value is -1.94. The molecule has 0 atom stereocenters. The minimum Gasteiger partial charge on any atom is -0.375 e. The molecule has 2 heterocycles. The third-order valence-corrected chi connectivity index (χ3v) is 3.21. The molecule has 0 spiro atoms. The lowest BCUT2D eigenvalue weighted by Crippen LogP contribution is -2.20. The van der Waals surface area contributed by atoms with E-state index in [1.165, 1.54) is 11.3 Å². The van der Waals surface area contributed by atoms with Crippen LogP contribution < -0.4 is 4.90 Å². The molecule has 1 aliphatic rings. The van der Waals surface area contributed by atoms with Gasteiger partial charge in [0.05, 0.1) is 13.2 Å². The fourth-order valence-electron chi connectivity index (χ4n) is 2.21. The van der Waals surface area contributed by atoms with E-state index < -0.39 is 0 Å². The van der Waals surface area contributed by atoms with Gasteiger partial charge in [-0.1, -0.05) is 6.07 Å². The molecule has 2 aromatic rings. The summed E-state index contributed by atoms with van der Waals surface area (Å²) in [5.74, 6) is 0. The van der Waals surface area contributed by atoms with E-state index in [1.807, 2.05) is 12.4 Å². The van der Waals surface area contributed by atoms with Crippen molar-refractivity contribution in [3.8, 4) is 11.1 Å². The number of nitrogens with zero attached hydrogens (tertiary/aromatic N) is 3. The van der Waals surface area contributed by atoms with Gasteiger partial charge in [-0.3, -0.25) is 0 Å². The SMILES string of the molecule is CN1CCOCc2cc(-c3cncnc3)ccc21. The molecule has 4 nitrogen and oxygen atoms in total. The summed E-state index contributed by atoms with van der Waals surface area (Å²) < 4.78 is 5.61. The predicted octanol–water partition coefficient (Wildman–Crippen LogP) is 2.11. The number of benzene rings is 1. The second kappa shape index (κ2) is 4.74. The number of rotatable bonds is 1. The molecule has 0 radical (unpaired) electrons. The second-order valence-corrected chi connectivity index (χ2v) is 4.44. The van der Waals surface area contributed by atoms with Crippen molar-refractivity contribution in [1.82, 2.24) is 9.97 Å². The van der Waals surface area contributed by atoms with Gasteiger partial charge in [0.15, 0.2) is 0 Å². The van der Waals surface area contributed by atoms with E-state index in [0.717, 1.165) is 24.3 Å². The quantitative estimate of drug-likeness (QED) is 0.766. The van der Waals surface area contributed by atoms with E-state index in [4.69, 9.17) is 4.74 Å². The standard InChI is InChI=1S/C14H15N3O/c1-17-4-5-18-9-12-6-11(2-3-14(12)17)13-7-15-10-16-8-13/h2-3,6-8,10H,4-5,9H2,1H3. The van der Waals surface area contributed by atoms with Crippen LogP contribution >= 0.6 is 0 Å². The first kappa shape index (κ1) is 11.2. The van der Waals surface area contributed by atoms with Crippen molar-refractivity contribution in [2.24, 2.45) is 0 Å². The Morgan fingerprint density at radius 2 is 2.00 bits per heavy atom. The molecular weight excluding hydrogens is 226 g/mol. The summed E-state index contributed by atoms with van der Waals surface area (Å²) in [5.41, 5.74) is 4.63. The van der Waals surface area contributed by atoms with Crippen molar-refractivity contribution in [2.45, 2.75) is 6.61 Å². The monoisotopic (exact) mass is 241 g/mol. The van der Waals surface area contributed by atoms with Gasteiger partial charge in [-0.25, -0.2) is 9.97 Å². The fourth-order valence-corrected chi connectivity index (χ4v) is 2.21. The van der Waals surface area contributed by atoms with E-state index in [1.54, 1.807) is 6.33 Å². The van der Waals surface area contributed by atoms with Crippen molar-refractivity contribution in [2.75, 3.05) is 25.1 Å². The maximum absolute atomic E-state index is 5.61. The maximum atomic E-state index is 5.61. The molecule has 92 valence electrons. The van der Waals surface area contributed by atoms with Crippen molar-refractivity contribution in [3.05, 3.63) is 42.5 Å². The summed E-state index contributed by atoms with van der Waals surface area (Å²) >= 11 is 0. The highest BCUT2D eigenvalue weighted by atomic mass is 16.5. The second-order valence-electron chi connectivity index (χ2n) is 4.44. The van der Waals surface area contributed by atoms with Crippen LogP contribution in [0.5, 0.6) is 0 Å². The molecule has 1 aliphatic heterocycles. The largest absolute Gasteiger partial charge is 0.375 e. The first-order valence-corrected chi connectivity index (χ1v) is 6.02. The van der Waals surface area contributed by atoms with Gasteiger partial charge < -0.3 is 9.64 Å². The normalized spacial score (nSPS) is 15.1. The fraction of sp³-hybridized carbons (Fsp3) is 0.286. The van der Waals surface area contributed by atoms with Gasteiger partial charge in [-0.05, 0) is 17.7 Å². The first-order valence-electron chi connectivity index (χ1n) is 6.02. The van der Waals surface area contributed by atoms with Crippen LogP contribution in [-0.2, 0) is 11.3 Å².